The maximum absolute atomic E-state index is 9.31. The van der Waals surface area contributed by atoms with Gasteiger partial charge in [0.1, 0.15) is 14.1 Å². The van der Waals surface area contributed by atoms with Crippen LogP contribution in [0.3, 0.4) is 0 Å². The zero-order chi connectivity index (χ0) is 7.72. The first-order valence-electron chi connectivity index (χ1n) is 3.76. The van der Waals surface area contributed by atoms with Gasteiger partial charge in [0, 0.05) is 12.6 Å². The largest absolute Gasteiger partial charge is 0.377 e. The quantitative estimate of drug-likeness (QED) is 0.391. The van der Waals surface area contributed by atoms with Gasteiger partial charge in [-0.25, -0.2) is 0 Å². The van der Waals surface area contributed by atoms with Crippen LogP contribution in [0.5, 0.6) is 0 Å². The Kier molecular flexibility index (Phi) is 2.34. The molecular weight excluding hydrogens is 127 g/mol. The van der Waals surface area contributed by atoms with E-state index in [2.05, 4.69) is 18.1 Å². The van der Waals surface area contributed by atoms with Gasteiger partial charge in [-0.3, -0.25) is 5.32 Å². The molecule has 0 bridgehead atoms. The summed E-state index contributed by atoms with van der Waals surface area (Å²) < 4.78 is 0. The number of nitrogens with zero attached hydrogens (tertiary/aromatic N) is 1. The summed E-state index contributed by atoms with van der Waals surface area (Å²) in [4.78, 5) is 2.18. The minimum Gasteiger partial charge on any atom is -0.377 e. The minimum absolute atomic E-state index is 0.226. The van der Waals surface area contributed by atoms with Crippen molar-refractivity contribution in [2.45, 2.75) is 25.1 Å². The van der Waals surface area contributed by atoms with Crippen LogP contribution in [0.4, 0.5) is 0 Å². The molecule has 0 aromatic carbocycles. The molecule has 58 valence electrons. The number of likely N-dealkylation sites (N-methyl/N-ethyl adjacent to an activating group) is 1. The van der Waals surface area contributed by atoms with Crippen molar-refractivity contribution < 1.29 is 5.11 Å². The van der Waals surface area contributed by atoms with Crippen LogP contribution >= 0.6 is 0 Å². The zero-order valence-electron chi connectivity index (χ0n) is 6.83. The van der Waals surface area contributed by atoms with E-state index in [-0.39, 0.29) is 12.3 Å². The van der Waals surface area contributed by atoms with E-state index in [9.17, 15) is 5.11 Å². The van der Waals surface area contributed by atoms with Crippen molar-refractivity contribution in [3.63, 3.8) is 0 Å². The van der Waals surface area contributed by atoms with Crippen molar-refractivity contribution in [2.75, 3.05) is 13.6 Å². The molecule has 1 rings (SSSR count). The van der Waals surface area contributed by atoms with E-state index < -0.39 is 0 Å². The van der Waals surface area contributed by atoms with E-state index in [1.807, 2.05) is 14.0 Å². The second-order valence-electron chi connectivity index (χ2n) is 3.11. The van der Waals surface area contributed by atoms with Crippen LogP contribution in [0.15, 0.2) is 0 Å². The Bertz CT molecular complexity index is 108. The van der Waals surface area contributed by atoms with E-state index in [0.29, 0.717) is 5.94 Å². The topological polar surface area (TPSA) is 35.5 Å². The number of nitrogens with one attached hydrogen (secondary N) is 1. The molecule has 0 aliphatic carbocycles. The molecular formula is C6H15BN2O. The highest BCUT2D eigenvalue weighted by Gasteiger charge is 2.27. The molecule has 0 radical (unpaired) electrons. The van der Waals surface area contributed by atoms with Gasteiger partial charge in [0.15, 0.2) is 0 Å². The number of aliphatic hydroxyl groups is 1. The number of rotatable bonds is 0. The van der Waals surface area contributed by atoms with Crippen LogP contribution in [0.2, 0.25) is 0 Å². The Morgan fingerprint density at radius 2 is 2.30 bits per heavy atom. The summed E-state index contributed by atoms with van der Waals surface area (Å²) in [5.74, 6) is 0.526. The standard InChI is InChI=1S/C6H15BN2O/c1-4-6(10)8-3-5(7)9(4)2/h4-6,8,10H,3,7H2,1-2H3. The lowest BCUT2D eigenvalue weighted by atomic mass is 9.91. The van der Waals surface area contributed by atoms with Crippen molar-refractivity contribution in [1.82, 2.24) is 10.2 Å². The number of hydrogen-bond acceptors (Lipinski definition) is 3. The second kappa shape index (κ2) is 2.90. The van der Waals surface area contributed by atoms with Crippen LogP contribution in [-0.4, -0.2) is 49.7 Å². The summed E-state index contributed by atoms with van der Waals surface area (Å²) in [5, 5.41) is 12.3. The summed E-state index contributed by atoms with van der Waals surface area (Å²) in [7, 11) is 4.19. The van der Waals surface area contributed by atoms with Crippen molar-refractivity contribution in [3.05, 3.63) is 0 Å². The van der Waals surface area contributed by atoms with Crippen LogP contribution < -0.4 is 5.32 Å². The first kappa shape index (κ1) is 8.05. The molecule has 2 N–H and O–H groups in total. The summed E-state index contributed by atoms with van der Waals surface area (Å²) in [6.07, 6.45) is -0.360. The highest BCUT2D eigenvalue weighted by molar-refractivity contribution is 6.11. The van der Waals surface area contributed by atoms with Gasteiger partial charge < -0.3 is 10.0 Å². The number of aliphatic hydroxyl groups excluding tert-OH is 1. The SMILES string of the molecule is BC1CNC(O)C(C)N1C. The van der Waals surface area contributed by atoms with Gasteiger partial charge in [-0.2, -0.15) is 0 Å². The molecule has 1 aliphatic rings. The van der Waals surface area contributed by atoms with E-state index in [4.69, 9.17) is 0 Å². The molecule has 0 aromatic rings. The Morgan fingerprint density at radius 1 is 1.70 bits per heavy atom. The summed E-state index contributed by atoms with van der Waals surface area (Å²) in [5.41, 5.74) is 0. The molecule has 3 atom stereocenters. The van der Waals surface area contributed by atoms with Gasteiger partial charge in [0.25, 0.3) is 0 Å². The van der Waals surface area contributed by atoms with Crippen LogP contribution in [-0.2, 0) is 0 Å². The summed E-state index contributed by atoms with van der Waals surface area (Å²) in [6, 6.07) is 0.226. The predicted molar refractivity (Wildman–Crippen MR) is 43.6 cm³/mol. The fraction of sp³-hybridized carbons (Fsp3) is 1.00. The highest BCUT2D eigenvalue weighted by atomic mass is 16.3. The summed E-state index contributed by atoms with van der Waals surface area (Å²) >= 11 is 0. The highest BCUT2D eigenvalue weighted by Crippen LogP contribution is 2.07. The molecule has 10 heavy (non-hydrogen) atoms. The smallest absolute Gasteiger partial charge is 0.125 e. The fourth-order valence-electron chi connectivity index (χ4n) is 1.23. The molecule has 4 heteroatoms. The van der Waals surface area contributed by atoms with Gasteiger partial charge in [-0.15, -0.1) is 0 Å². The lowest BCUT2D eigenvalue weighted by Crippen LogP contribution is -2.60. The maximum atomic E-state index is 9.31. The molecule has 3 nitrogen and oxygen atoms in total. The third-order valence-electron chi connectivity index (χ3n) is 2.42. The van der Waals surface area contributed by atoms with Gasteiger partial charge in [0.05, 0.1) is 0 Å². The Morgan fingerprint density at radius 3 is 2.80 bits per heavy atom. The van der Waals surface area contributed by atoms with Crippen LogP contribution in [0, 0.1) is 0 Å². The van der Waals surface area contributed by atoms with E-state index in [0.717, 1.165) is 6.54 Å². The average molecular weight is 142 g/mol. The number of piperazine rings is 1. The molecule has 0 aromatic heterocycles. The Labute approximate surface area is 62.8 Å². The van der Waals surface area contributed by atoms with Gasteiger partial charge in [-0.05, 0) is 19.9 Å². The Balaban J connectivity index is 2.52. The van der Waals surface area contributed by atoms with Crippen molar-refractivity contribution in [2.24, 2.45) is 0 Å². The van der Waals surface area contributed by atoms with Gasteiger partial charge in [0.2, 0.25) is 0 Å². The molecule has 1 saturated heterocycles. The van der Waals surface area contributed by atoms with Crippen molar-refractivity contribution >= 4 is 7.85 Å². The first-order chi connectivity index (χ1) is 4.63. The van der Waals surface area contributed by atoms with E-state index in [1.54, 1.807) is 0 Å². The molecule has 1 heterocycles. The normalized spacial score (nSPS) is 43.7. The molecule has 1 aliphatic heterocycles. The fourth-order valence-corrected chi connectivity index (χ4v) is 1.23. The minimum atomic E-state index is -0.360. The molecule has 0 saturated carbocycles. The number of hydrogen-bond donors (Lipinski definition) is 2. The van der Waals surface area contributed by atoms with E-state index in [1.165, 1.54) is 0 Å². The monoisotopic (exact) mass is 142 g/mol. The molecule has 0 spiro atoms. The summed E-state index contributed by atoms with van der Waals surface area (Å²) in [6.45, 7) is 2.90. The van der Waals surface area contributed by atoms with Crippen molar-refractivity contribution in [3.8, 4) is 0 Å². The first-order valence-corrected chi connectivity index (χ1v) is 3.76. The lowest BCUT2D eigenvalue weighted by molar-refractivity contribution is 0.00891. The molecule has 0 amide bonds. The van der Waals surface area contributed by atoms with Crippen LogP contribution in [0.1, 0.15) is 6.92 Å². The third kappa shape index (κ3) is 1.33. The molecule has 1 fully saturated rings. The third-order valence-corrected chi connectivity index (χ3v) is 2.42. The maximum Gasteiger partial charge on any atom is 0.125 e. The molecule has 3 unspecified atom stereocenters. The van der Waals surface area contributed by atoms with Gasteiger partial charge in [-0.1, -0.05) is 0 Å². The Hall–Kier alpha value is -0.0551. The lowest BCUT2D eigenvalue weighted by Gasteiger charge is -2.39. The zero-order valence-corrected chi connectivity index (χ0v) is 6.83. The van der Waals surface area contributed by atoms with Gasteiger partial charge >= 0.3 is 0 Å². The predicted octanol–water partition coefficient (Wildman–Crippen LogP) is -1.81. The van der Waals surface area contributed by atoms with E-state index >= 15 is 0 Å². The van der Waals surface area contributed by atoms with Crippen molar-refractivity contribution in [1.29, 1.82) is 0 Å². The average Bonchev–Trinajstić information content (AvgIpc) is 1.93. The second-order valence-corrected chi connectivity index (χ2v) is 3.11. The van der Waals surface area contributed by atoms with Crippen LogP contribution in [0.25, 0.3) is 0 Å².